The summed E-state index contributed by atoms with van der Waals surface area (Å²) < 4.78 is 6.74. The van der Waals surface area contributed by atoms with Crippen molar-refractivity contribution in [3.63, 3.8) is 0 Å². The van der Waals surface area contributed by atoms with Crippen LogP contribution in [-0.2, 0) is 6.42 Å². The Kier molecular flexibility index (Phi) is 6.45. The summed E-state index contributed by atoms with van der Waals surface area (Å²) in [5, 5.41) is 11.7. The van der Waals surface area contributed by atoms with Crippen molar-refractivity contribution in [1.29, 1.82) is 0 Å². The van der Waals surface area contributed by atoms with Gasteiger partial charge in [-0.05, 0) is 30.2 Å². The Labute approximate surface area is 105 Å². The average Bonchev–Trinajstić information content (AvgIpc) is 2.30. The molecule has 0 bridgehead atoms. The number of nitrogens with one attached hydrogen (secondary N) is 1. The number of hydrogen-bond donors (Lipinski definition) is 2. The first-order valence-electron chi connectivity index (χ1n) is 5.50. The largest absolute Gasteiger partial charge is 0.492 e. The number of ether oxygens (including phenoxy) is 1. The fourth-order valence-corrected chi connectivity index (χ4v) is 1.81. The molecule has 0 fully saturated rings. The zero-order valence-electron chi connectivity index (χ0n) is 9.50. The number of halogens is 1. The van der Waals surface area contributed by atoms with Gasteiger partial charge in [-0.3, -0.25) is 0 Å². The molecule has 0 aliphatic carbocycles. The maximum absolute atomic E-state index is 8.59. The molecular weight excluding hydrogens is 270 g/mol. The van der Waals surface area contributed by atoms with Crippen molar-refractivity contribution in [2.45, 2.75) is 13.3 Å². The van der Waals surface area contributed by atoms with Gasteiger partial charge in [0, 0.05) is 17.6 Å². The molecule has 0 saturated carbocycles. The lowest BCUT2D eigenvalue weighted by molar-refractivity contribution is 0.275. The molecule has 0 radical (unpaired) electrons. The van der Waals surface area contributed by atoms with Gasteiger partial charge >= 0.3 is 0 Å². The molecule has 2 N–H and O–H groups in total. The van der Waals surface area contributed by atoms with E-state index in [4.69, 9.17) is 9.84 Å². The van der Waals surface area contributed by atoms with E-state index in [1.54, 1.807) is 0 Å². The summed E-state index contributed by atoms with van der Waals surface area (Å²) in [7, 11) is 0. The van der Waals surface area contributed by atoms with Crippen molar-refractivity contribution in [3.05, 3.63) is 28.2 Å². The number of aliphatic hydroxyl groups is 1. The van der Waals surface area contributed by atoms with Gasteiger partial charge in [-0.15, -0.1) is 0 Å². The SMILES string of the molecule is CCc1cc(Br)ccc1OCCNCCO. The van der Waals surface area contributed by atoms with Crippen LogP contribution in [0.4, 0.5) is 0 Å². The highest BCUT2D eigenvalue weighted by Gasteiger charge is 2.02. The maximum atomic E-state index is 8.59. The quantitative estimate of drug-likeness (QED) is 0.754. The van der Waals surface area contributed by atoms with Crippen molar-refractivity contribution in [2.24, 2.45) is 0 Å². The molecule has 0 heterocycles. The van der Waals surface area contributed by atoms with Gasteiger partial charge in [0.1, 0.15) is 12.4 Å². The van der Waals surface area contributed by atoms with E-state index in [2.05, 4.69) is 34.2 Å². The lowest BCUT2D eigenvalue weighted by atomic mass is 10.1. The summed E-state index contributed by atoms with van der Waals surface area (Å²) in [6.45, 7) is 4.26. The summed E-state index contributed by atoms with van der Waals surface area (Å²) in [6.07, 6.45) is 0.957. The third kappa shape index (κ3) is 4.51. The van der Waals surface area contributed by atoms with E-state index in [0.717, 1.165) is 23.2 Å². The average molecular weight is 288 g/mol. The molecule has 0 aliphatic rings. The summed E-state index contributed by atoms with van der Waals surface area (Å²) >= 11 is 3.44. The van der Waals surface area contributed by atoms with Crippen LogP contribution in [0.15, 0.2) is 22.7 Å². The van der Waals surface area contributed by atoms with Gasteiger partial charge in [0.2, 0.25) is 0 Å². The first-order chi connectivity index (χ1) is 7.77. The molecule has 0 saturated heterocycles. The summed E-state index contributed by atoms with van der Waals surface area (Å²) in [5.41, 5.74) is 1.21. The van der Waals surface area contributed by atoms with Crippen LogP contribution in [0.3, 0.4) is 0 Å². The van der Waals surface area contributed by atoms with Gasteiger partial charge in [-0.2, -0.15) is 0 Å². The normalized spacial score (nSPS) is 10.4. The van der Waals surface area contributed by atoms with Gasteiger partial charge in [0.25, 0.3) is 0 Å². The molecule has 4 heteroatoms. The highest BCUT2D eigenvalue weighted by molar-refractivity contribution is 9.10. The molecule has 0 spiro atoms. The number of benzene rings is 1. The molecule has 90 valence electrons. The Morgan fingerprint density at radius 2 is 2.19 bits per heavy atom. The fourth-order valence-electron chi connectivity index (χ4n) is 1.40. The van der Waals surface area contributed by atoms with Gasteiger partial charge in [0.05, 0.1) is 6.61 Å². The van der Waals surface area contributed by atoms with E-state index in [-0.39, 0.29) is 6.61 Å². The summed E-state index contributed by atoms with van der Waals surface area (Å²) in [4.78, 5) is 0. The lowest BCUT2D eigenvalue weighted by Crippen LogP contribution is -2.24. The van der Waals surface area contributed by atoms with Crippen LogP contribution >= 0.6 is 15.9 Å². The first-order valence-corrected chi connectivity index (χ1v) is 6.30. The molecule has 1 aromatic rings. The lowest BCUT2D eigenvalue weighted by Gasteiger charge is -2.11. The second kappa shape index (κ2) is 7.65. The van der Waals surface area contributed by atoms with E-state index in [1.165, 1.54) is 5.56 Å². The highest BCUT2D eigenvalue weighted by Crippen LogP contribution is 2.23. The standard InChI is InChI=1S/C12H18BrNO2/c1-2-10-9-11(13)3-4-12(10)16-8-6-14-5-7-15/h3-4,9,14-15H,2,5-8H2,1H3. The zero-order valence-corrected chi connectivity index (χ0v) is 11.1. The fraction of sp³-hybridized carbons (Fsp3) is 0.500. The molecule has 1 rings (SSSR count). The van der Waals surface area contributed by atoms with Crippen molar-refractivity contribution in [1.82, 2.24) is 5.32 Å². The third-order valence-corrected chi connectivity index (χ3v) is 2.72. The smallest absolute Gasteiger partial charge is 0.122 e. The van der Waals surface area contributed by atoms with E-state index in [0.29, 0.717) is 13.2 Å². The van der Waals surface area contributed by atoms with Gasteiger partial charge in [-0.1, -0.05) is 22.9 Å². The minimum Gasteiger partial charge on any atom is -0.492 e. The molecule has 0 aromatic heterocycles. The first kappa shape index (κ1) is 13.5. The third-order valence-electron chi connectivity index (χ3n) is 2.23. The monoisotopic (exact) mass is 287 g/mol. The molecule has 16 heavy (non-hydrogen) atoms. The van der Waals surface area contributed by atoms with Crippen molar-refractivity contribution >= 4 is 15.9 Å². The van der Waals surface area contributed by atoms with Gasteiger partial charge in [0.15, 0.2) is 0 Å². The Morgan fingerprint density at radius 3 is 2.88 bits per heavy atom. The number of rotatable bonds is 7. The number of hydrogen-bond acceptors (Lipinski definition) is 3. The number of aliphatic hydroxyl groups excluding tert-OH is 1. The predicted molar refractivity (Wildman–Crippen MR) is 69.0 cm³/mol. The van der Waals surface area contributed by atoms with E-state index < -0.39 is 0 Å². The van der Waals surface area contributed by atoms with Gasteiger partial charge < -0.3 is 15.2 Å². The van der Waals surface area contributed by atoms with Crippen molar-refractivity contribution in [2.75, 3.05) is 26.3 Å². The molecular formula is C12H18BrNO2. The van der Waals surface area contributed by atoms with E-state index >= 15 is 0 Å². The molecule has 0 aliphatic heterocycles. The molecule has 0 amide bonds. The Morgan fingerprint density at radius 1 is 1.38 bits per heavy atom. The highest BCUT2D eigenvalue weighted by atomic mass is 79.9. The molecule has 0 atom stereocenters. The number of aryl methyl sites for hydroxylation is 1. The van der Waals surface area contributed by atoms with E-state index in [9.17, 15) is 0 Å². The summed E-state index contributed by atoms with van der Waals surface area (Å²) in [6, 6.07) is 6.04. The van der Waals surface area contributed by atoms with Gasteiger partial charge in [-0.25, -0.2) is 0 Å². The second-order valence-corrected chi connectivity index (χ2v) is 4.34. The van der Waals surface area contributed by atoms with Crippen LogP contribution in [0.5, 0.6) is 5.75 Å². The van der Waals surface area contributed by atoms with Crippen molar-refractivity contribution in [3.8, 4) is 5.75 Å². The minimum atomic E-state index is 0.165. The van der Waals surface area contributed by atoms with Crippen LogP contribution in [0.2, 0.25) is 0 Å². The maximum Gasteiger partial charge on any atom is 0.122 e. The van der Waals surface area contributed by atoms with E-state index in [1.807, 2.05) is 12.1 Å². The van der Waals surface area contributed by atoms with Crippen LogP contribution in [0.25, 0.3) is 0 Å². The topological polar surface area (TPSA) is 41.5 Å². The second-order valence-electron chi connectivity index (χ2n) is 3.43. The Hall–Kier alpha value is -0.580. The predicted octanol–water partition coefficient (Wildman–Crippen LogP) is 1.97. The van der Waals surface area contributed by atoms with Crippen LogP contribution in [-0.4, -0.2) is 31.4 Å². The van der Waals surface area contributed by atoms with Crippen LogP contribution < -0.4 is 10.1 Å². The molecule has 0 unspecified atom stereocenters. The molecule has 3 nitrogen and oxygen atoms in total. The Balaban J connectivity index is 2.41. The Bertz CT molecular complexity index is 318. The summed E-state index contributed by atoms with van der Waals surface area (Å²) in [5.74, 6) is 0.941. The zero-order chi connectivity index (χ0) is 11.8. The van der Waals surface area contributed by atoms with Crippen LogP contribution in [0.1, 0.15) is 12.5 Å². The van der Waals surface area contributed by atoms with Crippen LogP contribution in [0, 0.1) is 0 Å². The van der Waals surface area contributed by atoms with Crippen molar-refractivity contribution < 1.29 is 9.84 Å². The molecule has 1 aromatic carbocycles. The minimum absolute atomic E-state index is 0.165.